The van der Waals surface area contributed by atoms with E-state index in [9.17, 15) is 18.0 Å². The molecule has 1 aliphatic heterocycles. The molecule has 6 nitrogen and oxygen atoms in total. The minimum Gasteiger partial charge on any atom is -0.452 e. The van der Waals surface area contributed by atoms with Crippen LogP contribution in [0.5, 0.6) is 0 Å². The molecule has 1 saturated heterocycles. The second kappa shape index (κ2) is 9.50. The molecule has 0 N–H and O–H groups in total. The molecule has 27 heavy (non-hydrogen) atoms. The summed E-state index contributed by atoms with van der Waals surface area (Å²) >= 11 is 3.34. The zero-order chi connectivity index (χ0) is 20.0. The zero-order valence-electron chi connectivity index (χ0n) is 15.4. The van der Waals surface area contributed by atoms with Gasteiger partial charge in [-0.25, -0.2) is 13.2 Å². The van der Waals surface area contributed by atoms with Gasteiger partial charge in [-0.1, -0.05) is 35.0 Å². The number of benzene rings is 1. The number of amides is 1. The molecule has 1 fully saturated rings. The van der Waals surface area contributed by atoms with Gasteiger partial charge in [0.2, 0.25) is 0 Å². The van der Waals surface area contributed by atoms with Crippen LogP contribution in [0, 0.1) is 0 Å². The van der Waals surface area contributed by atoms with Crippen LogP contribution in [0.1, 0.15) is 32.3 Å². The van der Waals surface area contributed by atoms with Crippen molar-refractivity contribution in [3.63, 3.8) is 0 Å². The first kappa shape index (κ1) is 21.6. The molecule has 1 aromatic carbocycles. The minimum absolute atomic E-state index is 0.0273. The van der Waals surface area contributed by atoms with E-state index in [0.717, 1.165) is 10.0 Å². The summed E-state index contributed by atoms with van der Waals surface area (Å²) in [6.45, 7) is 3.41. The van der Waals surface area contributed by atoms with Crippen LogP contribution in [-0.2, 0) is 24.2 Å². The fraction of sp³-hybridized carbons (Fsp3) is 0.474. The third-order valence-electron chi connectivity index (χ3n) is 4.58. The van der Waals surface area contributed by atoms with Crippen molar-refractivity contribution in [2.45, 2.75) is 38.8 Å². The van der Waals surface area contributed by atoms with E-state index in [1.165, 1.54) is 6.08 Å². The van der Waals surface area contributed by atoms with Crippen molar-refractivity contribution >= 4 is 43.7 Å². The average Bonchev–Trinajstić information content (AvgIpc) is 2.98. The van der Waals surface area contributed by atoms with Gasteiger partial charge in [-0.15, -0.1) is 0 Å². The molecule has 1 aliphatic rings. The van der Waals surface area contributed by atoms with Crippen molar-refractivity contribution in [1.82, 2.24) is 4.90 Å². The quantitative estimate of drug-likeness (QED) is 0.464. The molecule has 2 rings (SSSR count). The molecular weight excluding hydrogens is 434 g/mol. The molecule has 0 unspecified atom stereocenters. The van der Waals surface area contributed by atoms with Gasteiger partial charge >= 0.3 is 5.97 Å². The summed E-state index contributed by atoms with van der Waals surface area (Å²) in [5.74, 6) is -0.917. The van der Waals surface area contributed by atoms with Crippen LogP contribution in [0.25, 0.3) is 6.08 Å². The van der Waals surface area contributed by atoms with Crippen LogP contribution in [0.2, 0.25) is 0 Å². The monoisotopic (exact) mass is 457 g/mol. The van der Waals surface area contributed by atoms with Crippen LogP contribution < -0.4 is 0 Å². The minimum atomic E-state index is -3.11. The highest BCUT2D eigenvalue weighted by Gasteiger charge is 2.36. The van der Waals surface area contributed by atoms with Crippen LogP contribution in [0.3, 0.4) is 0 Å². The second-order valence-corrected chi connectivity index (χ2v) is 9.75. The molecule has 0 bridgehead atoms. The van der Waals surface area contributed by atoms with E-state index in [1.807, 2.05) is 38.1 Å². The smallest absolute Gasteiger partial charge is 0.331 e. The average molecular weight is 458 g/mol. The van der Waals surface area contributed by atoms with Gasteiger partial charge in [0.25, 0.3) is 5.91 Å². The van der Waals surface area contributed by atoms with Crippen molar-refractivity contribution in [1.29, 1.82) is 0 Å². The van der Waals surface area contributed by atoms with Gasteiger partial charge in [-0.05, 0) is 43.5 Å². The van der Waals surface area contributed by atoms with Crippen LogP contribution in [-0.4, -0.2) is 55.4 Å². The molecular formula is C19H24BrNO5S. The normalized spacial score (nSPS) is 19.7. The Morgan fingerprint density at radius 3 is 2.56 bits per heavy atom. The lowest BCUT2D eigenvalue weighted by Gasteiger charge is -2.33. The van der Waals surface area contributed by atoms with Crippen molar-refractivity contribution in [3.8, 4) is 0 Å². The first-order chi connectivity index (χ1) is 12.7. The molecule has 148 valence electrons. The molecule has 0 aromatic heterocycles. The molecule has 1 amide bonds. The number of carbonyl (C=O) groups is 2. The number of carbonyl (C=O) groups excluding carboxylic acids is 2. The summed E-state index contributed by atoms with van der Waals surface area (Å²) in [6, 6.07) is 6.92. The van der Waals surface area contributed by atoms with Gasteiger partial charge in [-0.2, -0.15) is 0 Å². The highest BCUT2D eigenvalue weighted by atomic mass is 79.9. The number of esters is 1. The largest absolute Gasteiger partial charge is 0.452 e. The molecule has 1 heterocycles. The maximum atomic E-state index is 12.6. The lowest BCUT2D eigenvalue weighted by Crippen LogP contribution is -2.48. The number of halogens is 1. The highest BCUT2D eigenvalue weighted by Crippen LogP contribution is 2.21. The maximum Gasteiger partial charge on any atom is 0.331 e. The number of nitrogens with zero attached hydrogens (tertiary/aromatic N) is 1. The molecule has 2 atom stereocenters. The predicted molar refractivity (Wildman–Crippen MR) is 108 cm³/mol. The van der Waals surface area contributed by atoms with E-state index in [-0.39, 0.29) is 29.5 Å². The van der Waals surface area contributed by atoms with E-state index in [0.29, 0.717) is 12.8 Å². The number of sulfone groups is 1. The van der Waals surface area contributed by atoms with Crippen LogP contribution >= 0.6 is 15.9 Å². The summed E-state index contributed by atoms with van der Waals surface area (Å²) < 4.78 is 29.5. The van der Waals surface area contributed by atoms with Crippen LogP contribution in [0.15, 0.2) is 34.8 Å². The summed E-state index contributed by atoms with van der Waals surface area (Å²) in [4.78, 5) is 26.0. The van der Waals surface area contributed by atoms with Gasteiger partial charge in [-0.3, -0.25) is 4.79 Å². The fourth-order valence-electron chi connectivity index (χ4n) is 2.99. The van der Waals surface area contributed by atoms with E-state index >= 15 is 0 Å². The SMILES string of the molecule is CC[C@H](C)N(C(=O)COC(=O)/C=C/c1ccc(Br)cc1)[C@H]1CCS(=O)(=O)C1. The third-order valence-corrected chi connectivity index (χ3v) is 6.85. The van der Waals surface area contributed by atoms with Crippen molar-refractivity contribution in [3.05, 3.63) is 40.4 Å². The van der Waals surface area contributed by atoms with Gasteiger partial charge in [0.05, 0.1) is 11.5 Å². The zero-order valence-corrected chi connectivity index (χ0v) is 17.8. The maximum absolute atomic E-state index is 12.6. The second-order valence-electron chi connectivity index (χ2n) is 6.61. The fourth-order valence-corrected chi connectivity index (χ4v) is 4.97. The molecule has 0 spiro atoms. The van der Waals surface area contributed by atoms with E-state index < -0.39 is 22.4 Å². The molecule has 0 radical (unpaired) electrons. The van der Waals surface area contributed by atoms with Crippen LogP contribution in [0.4, 0.5) is 0 Å². The Bertz CT molecular complexity index is 804. The Kier molecular flexibility index (Phi) is 7.61. The highest BCUT2D eigenvalue weighted by molar-refractivity contribution is 9.10. The molecule has 8 heteroatoms. The Morgan fingerprint density at radius 2 is 2.00 bits per heavy atom. The number of ether oxygens (including phenoxy) is 1. The molecule has 0 saturated carbocycles. The topological polar surface area (TPSA) is 80.8 Å². The third kappa shape index (κ3) is 6.46. The number of hydrogen-bond donors (Lipinski definition) is 0. The van der Waals surface area contributed by atoms with Crippen molar-refractivity contribution in [2.24, 2.45) is 0 Å². The summed E-state index contributed by atoms with van der Waals surface area (Å²) in [6.07, 6.45) is 3.99. The van der Waals surface area contributed by atoms with Gasteiger partial charge in [0.1, 0.15) is 0 Å². The Balaban J connectivity index is 1.94. The Labute approximate surface area is 168 Å². The predicted octanol–water partition coefficient (Wildman–Crippen LogP) is 2.82. The van der Waals surface area contributed by atoms with E-state index in [2.05, 4.69) is 15.9 Å². The first-order valence-electron chi connectivity index (χ1n) is 8.84. The van der Waals surface area contributed by atoms with Crippen molar-refractivity contribution in [2.75, 3.05) is 18.1 Å². The number of hydrogen-bond acceptors (Lipinski definition) is 5. The lowest BCUT2D eigenvalue weighted by molar-refractivity contribution is -0.150. The Hall–Kier alpha value is -1.67. The standard InChI is InChI=1S/C19H24BrNO5S/c1-3-14(2)21(17-10-11-27(24,25)13-17)18(22)12-26-19(23)9-6-15-4-7-16(20)8-5-15/h4-9,14,17H,3,10-13H2,1-2H3/b9-6+/t14-,17-/m0/s1. The van der Waals surface area contributed by atoms with Gasteiger partial charge < -0.3 is 9.64 Å². The van der Waals surface area contributed by atoms with E-state index in [1.54, 1.807) is 11.0 Å². The van der Waals surface area contributed by atoms with Crippen molar-refractivity contribution < 1.29 is 22.7 Å². The summed E-state index contributed by atoms with van der Waals surface area (Å²) in [7, 11) is -3.11. The number of rotatable bonds is 7. The first-order valence-corrected chi connectivity index (χ1v) is 11.4. The summed E-state index contributed by atoms with van der Waals surface area (Å²) in [5.41, 5.74) is 0.832. The summed E-state index contributed by atoms with van der Waals surface area (Å²) in [5, 5.41) is 0. The lowest BCUT2D eigenvalue weighted by atomic mass is 10.1. The molecule has 0 aliphatic carbocycles. The van der Waals surface area contributed by atoms with Gasteiger partial charge in [0, 0.05) is 22.6 Å². The Morgan fingerprint density at radius 1 is 1.33 bits per heavy atom. The van der Waals surface area contributed by atoms with Gasteiger partial charge in [0.15, 0.2) is 16.4 Å². The molecule has 1 aromatic rings. The van der Waals surface area contributed by atoms with E-state index in [4.69, 9.17) is 4.74 Å².